The highest BCUT2D eigenvalue weighted by Crippen LogP contribution is 2.34. The van der Waals surface area contributed by atoms with Crippen LogP contribution in [0.4, 0.5) is 0 Å². The van der Waals surface area contributed by atoms with Crippen LogP contribution in [0, 0.1) is 11.8 Å². The molecule has 0 aromatic heterocycles. The fourth-order valence-electron chi connectivity index (χ4n) is 4.88. The van der Waals surface area contributed by atoms with Crippen LogP contribution in [0.1, 0.15) is 149 Å². The summed E-state index contributed by atoms with van der Waals surface area (Å²) in [6.07, 6.45) is 31.4. The van der Waals surface area contributed by atoms with Crippen molar-refractivity contribution >= 4 is 0 Å². The lowest BCUT2D eigenvalue weighted by Crippen LogP contribution is -2.07. The van der Waals surface area contributed by atoms with E-state index in [4.69, 9.17) is 0 Å². The molecule has 0 heteroatoms. The Morgan fingerprint density at radius 1 is 0.560 bits per heavy atom. The van der Waals surface area contributed by atoms with Crippen LogP contribution >= 0.6 is 0 Å². The van der Waals surface area contributed by atoms with Crippen LogP contribution < -0.4 is 0 Å². The third-order valence-electron chi connectivity index (χ3n) is 6.57. The molecular weight excluding hydrogens is 300 g/mol. The van der Waals surface area contributed by atoms with E-state index < -0.39 is 0 Å². The molecule has 0 nitrogen and oxygen atoms in total. The molecule has 0 heterocycles. The molecule has 0 spiro atoms. The third kappa shape index (κ3) is 13.8. The Bertz CT molecular complexity index is 251. The molecule has 0 N–H and O–H groups in total. The summed E-state index contributed by atoms with van der Waals surface area (Å²) in [7, 11) is 0. The minimum Gasteiger partial charge on any atom is -0.0654 e. The van der Waals surface area contributed by atoms with Crippen molar-refractivity contribution in [2.75, 3.05) is 0 Å². The van der Waals surface area contributed by atoms with Gasteiger partial charge in [-0.15, -0.1) is 0 Å². The molecule has 1 rings (SSSR count). The summed E-state index contributed by atoms with van der Waals surface area (Å²) in [6, 6.07) is 0. The molecule has 0 aliphatic heterocycles. The van der Waals surface area contributed by atoms with Gasteiger partial charge in [-0.1, -0.05) is 142 Å². The van der Waals surface area contributed by atoms with Crippen molar-refractivity contribution in [3.8, 4) is 0 Å². The molecule has 0 saturated heterocycles. The topological polar surface area (TPSA) is 0 Å². The van der Waals surface area contributed by atoms with Crippen molar-refractivity contribution in [3.05, 3.63) is 0 Å². The Morgan fingerprint density at radius 3 is 1.40 bits per heavy atom. The molecule has 1 atom stereocenters. The van der Waals surface area contributed by atoms with Crippen LogP contribution in [0.15, 0.2) is 0 Å². The zero-order valence-electron chi connectivity index (χ0n) is 18.0. The van der Waals surface area contributed by atoms with Gasteiger partial charge >= 0.3 is 0 Å². The van der Waals surface area contributed by atoms with Gasteiger partial charge in [0.1, 0.15) is 0 Å². The molecule has 150 valence electrons. The molecule has 1 aliphatic carbocycles. The van der Waals surface area contributed by atoms with E-state index >= 15 is 0 Å². The zero-order chi connectivity index (χ0) is 18.0. The summed E-state index contributed by atoms with van der Waals surface area (Å²) in [6.45, 7) is 4.63. The van der Waals surface area contributed by atoms with Gasteiger partial charge < -0.3 is 0 Å². The summed E-state index contributed by atoms with van der Waals surface area (Å²) >= 11 is 0. The van der Waals surface area contributed by atoms with Gasteiger partial charge in [-0.25, -0.2) is 0 Å². The van der Waals surface area contributed by atoms with Crippen molar-refractivity contribution in [2.45, 2.75) is 149 Å². The van der Waals surface area contributed by atoms with Gasteiger partial charge in [0.05, 0.1) is 0 Å². The van der Waals surface area contributed by atoms with Crippen molar-refractivity contribution < 1.29 is 0 Å². The lowest BCUT2D eigenvalue weighted by Gasteiger charge is -2.21. The fraction of sp³-hybridized carbons (Fsp3) is 1.00. The predicted molar refractivity (Wildman–Crippen MR) is 115 cm³/mol. The minimum atomic E-state index is 1.06. The largest absolute Gasteiger partial charge is 0.0654 e. The fourth-order valence-corrected chi connectivity index (χ4v) is 4.88. The number of unbranched alkanes of at least 4 members (excludes halogenated alkanes) is 12. The van der Waals surface area contributed by atoms with E-state index in [0.717, 1.165) is 11.8 Å². The maximum atomic E-state index is 2.32. The molecule has 1 saturated carbocycles. The third-order valence-corrected chi connectivity index (χ3v) is 6.57. The van der Waals surface area contributed by atoms with Crippen molar-refractivity contribution in [1.29, 1.82) is 0 Å². The first-order valence-electron chi connectivity index (χ1n) is 12.4. The maximum absolute atomic E-state index is 2.32. The molecule has 0 radical (unpaired) electrons. The Labute approximate surface area is 160 Å². The van der Waals surface area contributed by atoms with Crippen LogP contribution in [0.5, 0.6) is 0 Å². The van der Waals surface area contributed by atoms with Crippen LogP contribution in [0.2, 0.25) is 0 Å². The number of rotatable bonds is 18. The lowest BCUT2D eigenvalue weighted by molar-refractivity contribution is 0.318. The summed E-state index contributed by atoms with van der Waals surface area (Å²) < 4.78 is 0. The summed E-state index contributed by atoms with van der Waals surface area (Å²) in [5.74, 6) is 2.16. The smallest absolute Gasteiger partial charge is 0.0412 e. The standard InChI is InChI=1S/C25H50/c1-3-5-7-9-11-12-14-16-20-24(23-25-21-17-18-22-25)19-15-13-10-8-6-4-2/h24-25H,3-23H2,1-2H3. The Morgan fingerprint density at radius 2 is 0.960 bits per heavy atom. The first kappa shape index (κ1) is 23.0. The summed E-state index contributed by atoms with van der Waals surface area (Å²) in [4.78, 5) is 0. The number of hydrogen-bond acceptors (Lipinski definition) is 0. The van der Waals surface area contributed by atoms with Gasteiger partial charge in [0.15, 0.2) is 0 Å². The maximum Gasteiger partial charge on any atom is -0.0412 e. The highest BCUT2D eigenvalue weighted by Gasteiger charge is 2.19. The Kier molecular flexibility index (Phi) is 16.1. The molecule has 0 bridgehead atoms. The lowest BCUT2D eigenvalue weighted by atomic mass is 9.85. The average Bonchev–Trinajstić information content (AvgIpc) is 3.13. The zero-order valence-corrected chi connectivity index (χ0v) is 18.0. The first-order valence-corrected chi connectivity index (χ1v) is 12.4. The molecule has 1 fully saturated rings. The highest BCUT2D eigenvalue weighted by atomic mass is 14.3. The average molecular weight is 351 g/mol. The molecule has 1 aliphatic rings. The van der Waals surface area contributed by atoms with Crippen molar-refractivity contribution in [2.24, 2.45) is 11.8 Å². The van der Waals surface area contributed by atoms with Crippen LogP contribution in [-0.2, 0) is 0 Å². The second-order valence-electron chi connectivity index (χ2n) is 9.07. The second-order valence-corrected chi connectivity index (χ2v) is 9.07. The van der Waals surface area contributed by atoms with Gasteiger partial charge in [-0.3, -0.25) is 0 Å². The molecule has 1 unspecified atom stereocenters. The quantitative estimate of drug-likeness (QED) is 0.216. The number of hydrogen-bond donors (Lipinski definition) is 0. The van der Waals surface area contributed by atoms with Crippen molar-refractivity contribution in [1.82, 2.24) is 0 Å². The van der Waals surface area contributed by atoms with Crippen LogP contribution in [0.25, 0.3) is 0 Å². The van der Waals surface area contributed by atoms with E-state index in [-0.39, 0.29) is 0 Å². The Hall–Kier alpha value is 0. The van der Waals surface area contributed by atoms with E-state index in [2.05, 4.69) is 13.8 Å². The second kappa shape index (κ2) is 17.4. The van der Waals surface area contributed by atoms with Gasteiger partial charge in [0.2, 0.25) is 0 Å². The summed E-state index contributed by atoms with van der Waals surface area (Å²) in [5, 5.41) is 0. The van der Waals surface area contributed by atoms with Crippen LogP contribution in [-0.4, -0.2) is 0 Å². The Balaban J connectivity index is 2.08. The SMILES string of the molecule is CCCCCCCCCCC(CCCCCCCC)CC1CCCC1. The van der Waals surface area contributed by atoms with E-state index in [9.17, 15) is 0 Å². The van der Waals surface area contributed by atoms with Crippen LogP contribution in [0.3, 0.4) is 0 Å². The van der Waals surface area contributed by atoms with Crippen molar-refractivity contribution in [3.63, 3.8) is 0 Å². The highest BCUT2D eigenvalue weighted by molar-refractivity contribution is 4.72. The van der Waals surface area contributed by atoms with E-state index in [0.29, 0.717) is 0 Å². The molecule has 0 aromatic carbocycles. The normalized spacial score (nSPS) is 16.6. The minimum absolute atomic E-state index is 1.06. The van der Waals surface area contributed by atoms with E-state index in [1.165, 1.54) is 103 Å². The van der Waals surface area contributed by atoms with Gasteiger partial charge in [-0.05, 0) is 18.3 Å². The van der Waals surface area contributed by atoms with E-state index in [1.807, 2.05) is 0 Å². The predicted octanol–water partition coefficient (Wildman–Crippen LogP) is 9.46. The molecule has 0 amide bonds. The molecule has 0 aromatic rings. The van der Waals surface area contributed by atoms with Gasteiger partial charge in [-0.2, -0.15) is 0 Å². The first-order chi connectivity index (χ1) is 12.4. The monoisotopic (exact) mass is 350 g/mol. The summed E-state index contributed by atoms with van der Waals surface area (Å²) in [5.41, 5.74) is 0. The van der Waals surface area contributed by atoms with Gasteiger partial charge in [0.25, 0.3) is 0 Å². The molecule has 25 heavy (non-hydrogen) atoms. The molecular formula is C25H50. The van der Waals surface area contributed by atoms with Gasteiger partial charge in [0, 0.05) is 0 Å². The van der Waals surface area contributed by atoms with E-state index in [1.54, 1.807) is 32.1 Å².